The first kappa shape index (κ1) is 26.9. The molecule has 0 atom stereocenters. The average Bonchev–Trinajstić information content (AvgIpc) is 3.16. The number of aromatic nitrogens is 1. The van der Waals surface area contributed by atoms with Crippen LogP contribution in [-0.4, -0.2) is 31.7 Å². The van der Waals surface area contributed by atoms with Crippen LogP contribution in [0.2, 0.25) is 0 Å². The summed E-state index contributed by atoms with van der Waals surface area (Å²) in [6.45, 7) is 9.57. The maximum absolute atomic E-state index is 13.5. The van der Waals surface area contributed by atoms with Gasteiger partial charge in [0.05, 0.1) is 16.8 Å². The number of nitrogens with one attached hydrogen (secondary N) is 1. The summed E-state index contributed by atoms with van der Waals surface area (Å²) in [5.41, 5.74) is 10.0. The summed E-state index contributed by atoms with van der Waals surface area (Å²) in [6, 6.07) is 23.5. The van der Waals surface area contributed by atoms with Crippen molar-refractivity contribution in [1.29, 1.82) is 0 Å². The molecule has 4 rings (SSSR count). The molecule has 1 amide bonds. The van der Waals surface area contributed by atoms with Gasteiger partial charge in [0.15, 0.2) is 0 Å². The Bertz CT molecular complexity index is 1610. The number of carbonyl (C=O) groups is 1. The Hall–Kier alpha value is -4.17. The van der Waals surface area contributed by atoms with Crippen molar-refractivity contribution in [3.05, 3.63) is 113 Å². The van der Waals surface area contributed by atoms with Gasteiger partial charge in [0, 0.05) is 22.6 Å². The van der Waals surface area contributed by atoms with Gasteiger partial charge in [-0.3, -0.25) is 9.10 Å². The van der Waals surface area contributed by atoms with Crippen molar-refractivity contribution in [3.63, 3.8) is 0 Å². The number of para-hydroxylation sites is 1. The number of hydrogen-bond acceptors (Lipinski definition) is 4. The second kappa shape index (κ2) is 11.1. The van der Waals surface area contributed by atoms with E-state index in [4.69, 9.17) is 0 Å². The van der Waals surface area contributed by atoms with Gasteiger partial charge in [-0.2, -0.15) is 5.10 Å². The molecule has 1 N–H and O–H groups in total. The Labute approximate surface area is 224 Å². The Balaban J connectivity index is 1.56. The molecule has 7 nitrogen and oxygen atoms in total. The first-order chi connectivity index (χ1) is 18.1. The van der Waals surface area contributed by atoms with E-state index in [2.05, 4.69) is 47.1 Å². The lowest BCUT2D eigenvalue weighted by atomic mass is 10.1. The lowest BCUT2D eigenvalue weighted by Crippen LogP contribution is -2.40. The van der Waals surface area contributed by atoms with Gasteiger partial charge in [-0.15, -0.1) is 0 Å². The molecule has 0 spiro atoms. The highest BCUT2D eigenvalue weighted by molar-refractivity contribution is 7.92. The summed E-state index contributed by atoms with van der Waals surface area (Å²) in [5.74, 6) is -0.549. The van der Waals surface area contributed by atoms with E-state index < -0.39 is 22.5 Å². The third kappa shape index (κ3) is 5.55. The van der Waals surface area contributed by atoms with Crippen molar-refractivity contribution < 1.29 is 13.2 Å². The first-order valence-electron chi connectivity index (χ1n) is 12.3. The van der Waals surface area contributed by atoms with E-state index >= 15 is 0 Å². The Morgan fingerprint density at radius 3 is 2.26 bits per heavy atom. The number of hydrogen-bond donors (Lipinski definition) is 1. The smallest absolute Gasteiger partial charge is 0.264 e. The third-order valence-corrected chi connectivity index (χ3v) is 8.23. The highest BCUT2D eigenvalue weighted by atomic mass is 32.2. The maximum atomic E-state index is 13.5. The number of anilines is 1. The SMILES string of the molecule is Cc1ccc(-n2c(C)cc(/C=N\NC(=O)CN(c3ccccc3C)S(=O)(=O)c3ccccc3)c2C)c(C)c1. The van der Waals surface area contributed by atoms with Crippen LogP contribution < -0.4 is 9.73 Å². The van der Waals surface area contributed by atoms with Crippen molar-refractivity contribution in [2.24, 2.45) is 5.10 Å². The van der Waals surface area contributed by atoms with E-state index in [-0.39, 0.29) is 4.90 Å². The zero-order valence-electron chi connectivity index (χ0n) is 22.3. The predicted octanol–water partition coefficient (Wildman–Crippen LogP) is 5.37. The Kier molecular flexibility index (Phi) is 7.83. The summed E-state index contributed by atoms with van der Waals surface area (Å²) in [4.78, 5) is 13.0. The highest BCUT2D eigenvalue weighted by Crippen LogP contribution is 2.27. The molecule has 1 aromatic heterocycles. The number of benzene rings is 3. The molecular weight excluding hydrogens is 496 g/mol. The van der Waals surface area contributed by atoms with Gasteiger partial charge < -0.3 is 4.57 Å². The minimum absolute atomic E-state index is 0.110. The molecule has 1 heterocycles. The third-order valence-electron chi connectivity index (χ3n) is 6.46. The van der Waals surface area contributed by atoms with E-state index in [0.717, 1.165) is 32.5 Å². The maximum Gasteiger partial charge on any atom is 0.264 e. The molecule has 0 aliphatic heterocycles. The average molecular weight is 529 g/mol. The van der Waals surface area contributed by atoms with E-state index in [1.165, 1.54) is 23.3 Å². The molecule has 0 aliphatic rings. The van der Waals surface area contributed by atoms with E-state index in [1.807, 2.05) is 39.0 Å². The molecule has 4 aromatic rings. The molecule has 0 radical (unpaired) electrons. The van der Waals surface area contributed by atoms with Crippen LogP contribution in [0.25, 0.3) is 5.69 Å². The second-order valence-corrected chi connectivity index (χ2v) is 11.2. The number of hydrazone groups is 1. The Morgan fingerprint density at radius 1 is 0.895 bits per heavy atom. The van der Waals surface area contributed by atoms with Gasteiger partial charge in [-0.05, 0) is 76.1 Å². The van der Waals surface area contributed by atoms with Crippen LogP contribution in [0.1, 0.15) is 33.6 Å². The fraction of sp³-hybridized carbons (Fsp3) is 0.200. The van der Waals surface area contributed by atoms with Crippen LogP contribution in [-0.2, 0) is 14.8 Å². The number of carbonyl (C=O) groups excluding carboxylic acids is 1. The molecule has 0 bridgehead atoms. The monoisotopic (exact) mass is 528 g/mol. The van der Waals surface area contributed by atoms with Crippen molar-refractivity contribution in [3.8, 4) is 5.69 Å². The zero-order valence-corrected chi connectivity index (χ0v) is 23.1. The molecular formula is C30H32N4O3S. The summed E-state index contributed by atoms with van der Waals surface area (Å²) < 4.78 is 30.3. The number of rotatable bonds is 8. The molecule has 0 aliphatic carbocycles. The van der Waals surface area contributed by atoms with Crippen LogP contribution in [0, 0.1) is 34.6 Å². The van der Waals surface area contributed by atoms with Crippen molar-refractivity contribution >= 4 is 27.8 Å². The summed E-state index contributed by atoms with van der Waals surface area (Å²) in [7, 11) is -3.98. The molecule has 196 valence electrons. The molecule has 0 saturated carbocycles. The first-order valence-corrected chi connectivity index (χ1v) is 13.8. The molecule has 8 heteroatoms. The molecule has 3 aromatic carbocycles. The number of amides is 1. The number of sulfonamides is 1. The zero-order chi connectivity index (χ0) is 27.4. The largest absolute Gasteiger partial charge is 0.318 e. The van der Waals surface area contributed by atoms with Crippen LogP contribution >= 0.6 is 0 Å². The van der Waals surface area contributed by atoms with Gasteiger partial charge in [0.25, 0.3) is 15.9 Å². The van der Waals surface area contributed by atoms with E-state index in [0.29, 0.717) is 5.69 Å². The van der Waals surface area contributed by atoms with Crippen molar-refractivity contribution in [2.75, 3.05) is 10.8 Å². The van der Waals surface area contributed by atoms with Crippen LogP contribution in [0.4, 0.5) is 5.69 Å². The number of nitrogens with zero attached hydrogens (tertiary/aromatic N) is 3. The summed E-state index contributed by atoms with van der Waals surface area (Å²) >= 11 is 0. The van der Waals surface area contributed by atoms with Crippen LogP contribution in [0.5, 0.6) is 0 Å². The van der Waals surface area contributed by atoms with Gasteiger partial charge in [-0.1, -0.05) is 54.1 Å². The Morgan fingerprint density at radius 2 is 1.58 bits per heavy atom. The van der Waals surface area contributed by atoms with E-state index in [9.17, 15) is 13.2 Å². The molecule has 0 fully saturated rings. The second-order valence-electron chi connectivity index (χ2n) is 9.36. The lowest BCUT2D eigenvalue weighted by molar-refractivity contribution is -0.119. The summed E-state index contributed by atoms with van der Waals surface area (Å²) in [6.07, 6.45) is 1.59. The quantitative estimate of drug-likeness (QED) is 0.247. The normalized spacial score (nSPS) is 11.6. The van der Waals surface area contributed by atoms with Gasteiger partial charge in [-0.25, -0.2) is 13.8 Å². The standard InChI is InChI=1S/C30H32N4O3S/c1-21-15-16-29(23(3)17-21)34-24(4)18-26(25(34)5)19-31-32-30(35)20-33(28-14-10-9-11-22(28)2)38(36,37)27-12-7-6-8-13-27/h6-19H,20H2,1-5H3,(H,32,35)/b31-19-. The van der Waals surface area contributed by atoms with Crippen molar-refractivity contribution in [1.82, 2.24) is 9.99 Å². The van der Waals surface area contributed by atoms with Gasteiger partial charge >= 0.3 is 0 Å². The topological polar surface area (TPSA) is 83.8 Å². The fourth-order valence-electron chi connectivity index (χ4n) is 4.55. The fourth-order valence-corrected chi connectivity index (χ4v) is 6.05. The molecule has 0 unspecified atom stereocenters. The predicted molar refractivity (Wildman–Crippen MR) is 153 cm³/mol. The van der Waals surface area contributed by atoms with Crippen molar-refractivity contribution in [2.45, 2.75) is 39.5 Å². The molecule has 0 saturated heterocycles. The van der Waals surface area contributed by atoms with E-state index in [1.54, 1.807) is 36.5 Å². The van der Waals surface area contributed by atoms with Crippen LogP contribution in [0.3, 0.4) is 0 Å². The summed E-state index contributed by atoms with van der Waals surface area (Å²) in [5, 5.41) is 4.15. The lowest BCUT2D eigenvalue weighted by Gasteiger charge is -2.25. The van der Waals surface area contributed by atoms with Crippen LogP contribution in [0.15, 0.2) is 88.9 Å². The number of aryl methyl sites for hydroxylation is 4. The van der Waals surface area contributed by atoms with Gasteiger partial charge in [0.1, 0.15) is 6.54 Å². The molecule has 38 heavy (non-hydrogen) atoms. The van der Waals surface area contributed by atoms with Gasteiger partial charge in [0.2, 0.25) is 0 Å². The minimum atomic E-state index is -3.98. The highest BCUT2D eigenvalue weighted by Gasteiger charge is 2.28. The minimum Gasteiger partial charge on any atom is -0.318 e.